The number of rotatable bonds is 5. The largest absolute Gasteiger partial charge is 0.495 e. The van der Waals surface area contributed by atoms with E-state index < -0.39 is 0 Å². The summed E-state index contributed by atoms with van der Waals surface area (Å²) in [5, 5.41) is 3.48. The van der Waals surface area contributed by atoms with E-state index in [0.717, 1.165) is 17.6 Å². The number of methoxy groups -OCH3 is 1. The number of hydrogen-bond donors (Lipinski definition) is 1. The van der Waals surface area contributed by atoms with Crippen molar-refractivity contribution in [1.29, 1.82) is 0 Å². The first-order valence-electron chi connectivity index (χ1n) is 7.44. The van der Waals surface area contributed by atoms with E-state index in [-0.39, 0.29) is 0 Å². The zero-order chi connectivity index (χ0) is 13.7. The zero-order valence-electron chi connectivity index (χ0n) is 12.4. The van der Waals surface area contributed by atoms with Crippen LogP contribution in [0, 0.1) is 11.8 Å². The second kappa shape index (κ2) is 6.90. The standard InChI is InChI=1S/C16H26N2O/c1-4-12-5-7-13(8-6-12)16(17-2)14-9-15(19-3)11-18-10-14/h9-13,16-17H,4-8H2,1-3H3. The molecule has 0 amide bonds. The molecule has 1 atom stereocenters. The highest BCUT2D eigenvalue weighted by atomic mass is 16.5. The lowest BCUT2D eigenvalue weighted by Gasteiger charge is -2.33. The van der Waals surface area contributed by atoms with Gasteiger partial charge in [-0.1, -0.05) is 26.2 Å². The van der Waals surface area contributed by atoms with Crippen LogP contribution in [0.1, 0.15) is 50.6 Å². The Balaban J connectivity index is 2.07. The summed E-state index contributed by atoms with van der Waals surface area (Å²) < 4.78 is 5.28. The van der Waals surface area contributed by atoms with E-state index >= 15 is 0 Å². The summed E-state index contributed by atoms with van der Waals surface area (Å²) in [5.41, 5.74) is 1.25. The molecule has 19 heavy (non-hydrogen) atoms. The van der Waals surface area contributed by atoms with Crippen LogP contribution in [0.25, 0.3) is 0 Å². The molecule has 1 unspecified atom stereocenters. The SMILES string of the molecule is CCC1CCC(C(NC)c2cncc(OC)c2)CC1. The van der Waals surface area contributed by atoms with Crippen LogP contribution < -0.4 is 10.1 Å². The van der Waals surface area contributed by atoms with Gasteiger partial charge in [0.25, 0.3) is 0 Å². The molecule has 1 aliphatic rings. The smallest absolute Gasteiger partial charge is 0.137 e. The maximum atomic E-state index is 5.28. The molecule has 1 saturated carbocycles. The molecule has 1 N–H and O–H groups in total. The monoisotopic (exact) mass is 262 g/mol. The molecular formula is C16H26N2O. The van der Waals surface area contributed by atoms with Gasteiger partial charge in [0.2, 0.25) is 0 Å². The van der Waals surface area contributed by atoms with Crippen molar-refractivity contribution in [2.75, 3.05) is 14.2 Å². The Labute approximate surface area is 116 Å². The van der Waals surface area contributed by atoms with Crippen LogP contribution in [0.5, 0.6) is 5.75 Å². The number of ether oxygens (including phenoxy) is 1. The van der Waals surface area contributed by atoms with E-state index in [1.807, 2.05) is 6.20 Å². The van der Waals surface area contributed by atoms with Gasteiger partial charge in [-0.15, -0.1) is 0 Å². The Hall–Kier alpha value is -1.09. The van der Waals surface area contributed by atoms with Gasteiger partial charge >= 0.3 is 0 Å². The minimum atomic E-state index is 0.403. The van der Waals surface area contributed by atoms with Gasteiger partial charge in [-0.3, -0.25) is 4.98 Å². The van der Waals surface area contributed by atoms with Gasteiger partial charge in [0.15, 0.2) is 0 Å². The van der Waals surface area contributed by atoms with Crippen molar-refractivity contribution in [3.8, 4) is 5.75 Å². The van der Waals surface area contributed by atoms with Gasteiger partial charge in [-0.25, -0.2) is 0 Å². The highest BCUT2D eigenvalue weighted by Gasteiger charge is 2.27. The van der Waals surface area contributed by atoms with Crippen LogP contribution in [-0.4, -0.2) is 19.1 Å². The van der Waals surface area contributed by atoms with Crippen molar-refractivity contribution < 1.29 is 4.74 Å². The van der Waals surface area contributed by atoms with Crippen molar-refractivity contribution in [2.45, 2.75) is 45.1 Å². The molecule has 1 heterocycles. The number of hydrogen-bond acceptors (Lipinski definition) is 3. The Morgan fingerprint density at radius 1 is 1.32 bits per heavy atom. The highest BCUT2D eigenvalue weighted by Crippen LogP contribution is 2.38. The van der Waals surface area contributed by atoms with Crippen LogP contribution in [0.2, 0.25) is 0 Å². The second-order valence-electron chi connectivity index (χ2n) is 5.61. The summed E-state index contributed by atoms with van der Waals surface area (Å²) in [6, 6.07) is 2.51. The highest BCUT2D eigenvalue weighted by molar-refractivity contribution is 5.26. The van der Waals surface area contributed by atoms with Gasteiger partial charge in [-0.2, -0.15) is 0 Å². The van der Waals surface area contributed by atoms with E-state index in [0.29, 0.717) is 6.04 Å². The predicted octanol–water partition coefficient (Wildman–Crippen LogP) is 3.57. The van der Waals surface area contributed by atoms with Crippen LogP contribution >= 0.6 is 0 Å². The van der Waals surface area contributed by atoms with Crippen molar-refractivity contribution >= 4 is 0 Å². The Morgan fingerprint density at radius 3 is 2.63 bits per heavy atom. The normalized spacial score (nSPS) is 25.0. The Kier molecular flexibility index (Phi) is 5.20. The van der Waals surface area contributed by atoms with E-state index in [1.165, 1.54) is 37.7 Å². The molecule has 0 saturated heterocycles. The number of aromatic nitrogens is 1. The molecule has 3 nitrogen and oxygen atoms in total. The van der Waals surface area contributed by atoms with Gasteiger partial charge < -0.3 is 10.1 Å². The molecule has 2 rings (SSSR count). The first kappa shape index (κ1) is 14.3. The van der Waals surface area contributed by atoms with Crippen molar-refractivity contribution in [3.05, 3.63) is 24.0 Å². The van der Waals surface area contributed by atoms with Crippen LogP contribution in [0.3, 0.4) is 0 Å². The minimum absolute atomic E-state index is 0.403. The Morgan fingerprint density at radius 2 is 2.05 bits per heavy atom. The topological polar surface area (TPSA) is 34.2 Å². The van der Waals surface area contributed by atoms with Gasteiger partial charge in [0, 0.05) is 12.2 Å². The summed E-state index contributed by atoms with van der Waals surface area (Å²) in [7, 11) is 3.75. The molecule has 0 aromatic carbocycles. The molecule has 106 valence electrons. The van der Waals surface area contributed by atoms with Gasteiger partial charge in [0.1, 0.15) is 5.75 Å². The van der Waals surface area contributed by atoms with Crippen LogP contribution in [-0.2, 0) is 0 Å². The zero-order valence-corrected chi connectivity index (χ0v) is 12.4. The number of nitrogens with zero attached hydrogens (tertiary/aromatic N) is 1. The maximum absolute atomic E-state index is 5.28. The number of pyridine rings is 1. The molecule has 0 radical (unpaired) electrons. The predicted molar refractivity (Wildman–Crippen MR) is 78.3 cm³/mol. The fourth-order valence-electron chi connectivity index (χ4n) is 3.32. The third-order valence-electron chi connectivity index (χ3n) is 4.58. The van der Waals surface area contributed by atoms with Crippen molar-refractivity contribution in [3.63, 3.8) is 0 Å². The Bertz CT molecular complexity index is 386. The first-order chi connectivity index (χ1) is 9.28. The quantitative estimate of drug-likeness (QED) is 0.881. The summed E-state index contributed by atoms with van der Waals surface area (Å²) in [4.78, 5) is 4.29. The fourth-order valence-corrected chi connectivity index (χ4v) is 3.32. The van der Waals surface area contributed by atoms with E-state index in [9.17, 15) is 0 Å². The third-order valence-corrected chi connectivity index (χ3v) is 4.58. The maximum Gasteiger partial charge on any atom is 0.137 e. The molecule has 1 fully saturated rings. The molecule has 1 aliphatic carbocycles. The van der Waals surface area contributed by atoms with Crippen molar-refractivity contribution in [1.82, 2.24) is 10.3 Å². The summed E-state index contributed by atoms with van der Waals surface area (Å²) in [6.45, 7) is 2.31. The van der Waals surface area contributed by atoms with E-state index in [4.69, 9.17) is 4.74 Å². The fraction of sp³-hybridized carbons (Fsp3) is 0.688. The molecule has 0 aliphatic heterocycles. The van der Waals surface area contributed by atoms with Crippen LogP contribution in [0.4, 0.5) is 0 Å². The summed E-state index contributed by atoms with van der Waals surface area (Å²) in [5.74, 6) is 2.51. The molecule has 0 bridgehead atoms. The minimum Gasteiger partial charge on any atom is -0.495 e. The second-order valence-corrected chi connectivity index (χ2v) is 5.61. The number of nitrogens with one attached hydrogen (secondary N) is 1. The van der Waals surface area contributed by atoms with E-state index in [1.54, 1.807) is 13.3 Å². The summed E-state index contributed by atoms with van der Waals surface area (Å²) >= 11 is 0. The average molecular weight is 262 g/mol. The lowest BCUT2D eigenvalue weighted by atomic mass is 9.76. The first-order valence-corrected chi connectivity index (χ1v) is 7.44. The lowest BCUT2D eigenvalue weighted by Crippen LogP contribution is -2.28. The molecule has 1 aromatic heterocycles. The summed E-state index contributed by atoms with van der Waals surface area (Å²) in [6.07, 6.45) is 10.5. The van der Waals surface area contributed by atoms with Crippen molar-refractivity contribution in [2.24, 2.45) is 11.8 Å². The molecule has 3 heteroatoms. The average Bonchev–Trinajstić information content (AvgIpc) is 2.49. The van der Waals surface area contributed by atoms with Gasteiger partial charge in [0.05, 0.1) is 13.3 Å². The lowest BCUT2D eigenvalue weighted by molar-refractivity contribution is 0.224. The molecule has 1 aromatic rings. The van der Waals surface area contributed by atoms with E-state index in [2.05, 4.69) is 30.3 Å². The molecular weight excluding hydrogens is 236 g/mol. The molecule has 0 spiro atoms. The third kappa shape index (κ3) is 3.47. The van der Waals surface area contributed by atoms with Crippen LogP contribution in [0.15, 0.2) is 18.5 Å². The van der Waals surface area contributed by atoms with Gasteiger partial charge in [-0.05, 0) is 43.4 Å².